The van der Waals surface area contributed by atoms with Crippen LogP contribution in [-0.4, -0.2) is 26.1 Å². The van der Waals surface area contributed by atoms with Crippen LogP contribution < -0.4 is 11.1 Å². The van der Waals surface area contributed by atoms with Gasteiger partial charge in [0.25, 0.3) is 0 Å². The number of nitrogens with zero attached hydrogens (tertiary/aromatic N) is 4. The minimum absolute atomic E-state index is 0.738. The molecule has 6 heteroatoms. The standard InChI is InChI=1S/C12H20N6/c1-4-18-12(11(13)9(2)16-18)14-7-5-10-6-8-15-17(10)3/h6,8,14H,4-5,7,13H2,1-3H3. The van der Waals surface area contributed by atoms with E-state index in [1.165, 1.54) is 5.69 Å². The maximum absolute atomic E-state index is 6.00. The van der Waals surface area contributed by atoms with Crippen molar-refractivity contribution in [3.63, 3.8) is 0 Å². The monoisotopic (exact) mass is 248 g/mol. The van der Waals surface area contributed by atoms with Crippen molar-refractivity contribution in [3.8, 4) is 0 Å². The Kier molecular flexibility index (Phi) is 3.55. The molecule has 0 aliphatic rings. The van der Waals surface area contributed by atoms with E-state index >= 15 is 0 Å². The Labute approximate surface area is 107 Å². The predicted molar refractivity (Wildman–Crippen MR) is 72.5 cm³/mol. The van der Waals surface area contributed by atoms with Crippen molar-refractivity contribution in [2.75, 3.05) is 17.6 Å². The lowest BCUT2D eigenvalue weighted by atomic mass is 10.3. The molecule has 18 heavy (non-hydrogen) atoms. The van der Waals surface area contributed by atoms with Gasteiger partial charge < -0.3 is 11.1 Å². The SMILES string of the molecule is CCn1nc(C)c(N)c1NCCc1ccnn1C. The summed E-state index contributed by atoms with van der Waals surface area (Å²) < 4.78 is 3.78. The van der Waals surface area contributed by atoms with Gasteiger partial charge in [-0.2, -0.15) is 10.2 Å². The maximum atomic E-state index is 6.00. The molecule has 3 N–H and O–H groups in total. The molecule has 0 fully saturated rings. The highest BCUT2D eigenvalue weighted by molar-refractivity contribution is 5.64. The summed E-state index contributed by atoms with van der Waals surface area (Å²) >= 11 is 0. The second kappa shape index (κ2) is 5.12. The number of nitrogens with two attached hydrogens (primary N) is 1. The van der Waals surface area contributed by atoms with Crippen LogP contribution in [0, 0.1) is 6.92 Å². The first kappa shape index (κ1) is 12.5. The van der Waals surface area contributed by atoms with Crippen molar-refractivity contribution in [2.24, 2.45) is 7.05 Å². The Morgan fingerprint density at radius 2 is 2.22 bits per heavy atom. The summed E-state index contributed by atoms with van der Waals surface area (Å²) in [5, 5.41) is 11.9. The summed E-state index contributed by atoms with van der Waals surface area (Å²) in [7, 11) is 1.95. The number of anilines is 2. The Morgan fingerprint density at radius 1 is 1.44 bits per heavy atom. The molecule has 6 nitrogen and oxygen atoms in total. The first-order chi connectivity index (χ1) is 8.63. The van der Waals surface area contributed by atoms with E-state index in [0.717, 1.165) is 36.7 Å². The first-order valence-corrected chi connectivity index (χ1v) is 6.17. The molecule has 0 aliphatic carbocycles. The predicted octanol–water partition coefficient (Wildman–Crippen LogP) is 1.18. The molecule has 0 bridgehead atoms. The van der Waals surface area contributed by atoms with E-state index < -0.39 is 0 Å². The summed E-state index contributed by atoms with van der Waals surface area (Å²) in [6, 6.07) is 2.02. The molecule has 0 radical (unpaired) electrons. The van der Waals surface area contributed by atoms with Crippen molar-refractivity contribution in [2.45, 2.75) is 26.8 Å². The van der Waals surface area contributed by atoms with E-state index in [9.17, 15) is 0 Å². The molecule has 0 saturated heterocycles. The van der Waals surface area contributed by atoms with Crippen LogP contribution in [0.4, 0.5) is 11.5 Å². The molecule has 2 heterocycles. The smallest absolute Gasteiger partial charge is 0.148 e. The summed E-state index contributed by atoms with van der Waals surface area (Å²) in [5.74, 6) is 0.914. The van der Waals surface area contributed by atoms with E-state index in [2.05, 4.69) is 22.4 Å². The number of hydrogen-bond donors (Lipinski definition) is 2. The molecule has 0 spiro atoms. The zero-order valence-corrected chi connectivity index (χ0v) is 11.1. The van der Waals surface area contributed by atoms with E-state index in [-0.39, 0.29) is 0 Å². The van der Waals surface area contributed by atoms with Crippen LogP contribution in [0.2, 0.25) is 0 Å². The van der Waals surface area contributed by atoms with Gasteiger partial charge in [0.05, 0.1) is 11.4 Å². The average Bonchev–Trinajstić information content (AvgIpc) is 2.87. The minimum Gasteiger partial charge on any atom is -0.394 e. The molecule has 2 aromatic rings. The molecule has 0 aliphatic heterocycles. The zero-order valence-electron chi connectivity index (χ0n) is 11.1. The van der Waals surface area contributed by atoms with Crippen LogP contribution in [0.25, 0.3) is 0 Å². The summed E-state index contributed by atoms with van der Waals surface area (Å²) in [6.45, 7) is 5.60. The van der Waals surface area contributed by atoms with Crippen LogP contribution >= 0.6 is 0 Å². The van der Waals surface area contributed by atoms with Crippen molar-refractivity contribution in [3.05, 3.63) is 23.7 Å². The van der Waals surface area contributed by atoms with Crippen LogP contribution in [0.5, 0.6) is 0 Å². The number of nitrogen functional groups attached to an aromatic ring is 1. The Morgan fingerprint density at radius 3 is 2.83 bits per heavy atom. The molecule has 0 unspecified atom stereocenters. The highest BCUT2D eigenvalue weighted by atomic mass is 15.3. The fourth-order valence-corrected chi connectivity index (χ4v) is 1.97. The first-order valence-electron chi connectivity index (χ1n) is 6.17. The molecule has 0 atom stereocenters. The summed E-state index contributed by atoms with van der Waals surface area (Å²) in [5.41, 5.74) is 8.81. The van der Waals surface area contributed by atoms with Crippen molar-refractivity contribution in [1.82, 2.24) is 19.6 Å². The third-order valence-corrected chi connectivity index (χ3v) is 3.07. The van der Waals surface area contributed by atoms with Crippen molar-refractivity contribution < 1.29 is 0 Å². The lowest BCUT2D eigenvalue weighted by molar-refractivity contribution is 0.655. The molecule has 98 valence electrons. The molecule has 2 rings (SSSR count). The number of rotatable bonds is 5. The van der Waals surface area contributed by atoms with Gasteiger partial charge in [0.2, 0.25) is 0 Å². The quantitative estimate of drug-likeness (QED) is 0.833. The lowest BCUT2D eigenvalue weighted by Crippen LogP contribution is -2.12. The second-order valence-corrected chi connectivity index (χ2v) is 4.29. The van der Waals surface area contributed by atoms with E-state index in [1.54, 1.807) is 0 Å². The minimum atomic E-state index is 0.738. The van der Waals surface area contributed by atoms with Gasteiger partial charge in [-0.15, -0.1) is 0 Å². The summed E-state index contributed by atoms with van der Waals surface area (Å²) in [4.78, 5) is 0. The maximum Gasteiger partial charge on any atom is 0.148 e. The number of hydrogen-bond acceptors (Lipinski definition) is 4. The molecule has 0 aromatic carbocycles. The number of aryl methyl sites for hydroxylation is 3. The fourth-order valence-electron chi connectivity index (χ4n) is 1.97. The van der Waals surface area contributed by atoms with Gasteiger partial charge in [-0.1, -0.05) is 0 Å². The Balaban J connectivity index is 2.00. The Hall–Kier alpha value is -1.98. The van der Waals surface area contributed by atoms with Crippen LogP contribution in [0.15, 0.2) is 12.3 Å². The Bertz CT molecular complexity index is 525. The second-order valence-electron chi connectivity index (χ2n) is 4.29. The third kappa shape index (κ3) is 2.32. The van der Waals surface area contributed by atoms with Gasteiger partial charge in [-0.25, -0.2) is 4.68 Å². The van der Waals surface area contributed by atoms with E-state index in [1.807, 2.05) is 35.6 Å². The van der Waals surface area contributed by atoms with Gasteiger partial charge in [-0.05, 0) is 19.9 Å². The topological polar surface area (TPSA) is 73.7 Å². The van der Waals surface area contributed by atoms with Gasteiger partial charge in [-0.3, -0.25) is 4.68 Å². The van der Waals surface area contributed by atoms with Gasteiger partial charge in [0, 0.05) is 38.4 Å². The molecule has 0 amide bonds. The molecular formula is C12H20N6. The summed E-state index contributed by atoms with van der Waals surface area (Å²) in [6.07, 6.45) is 2.72. The molecule has 0 saturated carbocycles. The molecular weight excluding hydrogens is 228 g/mol. The number of nitrogens with one attached hydrogen (secondary N) is 1. The van der Waals surface area contributed by atoms with Crippen molar-refractivity contribution >= 4 is 11.5 Å². The van der Waals surface area contributed by atoms with Crippen LogP contribution in [-0.2, 0) is 20.0 Å². The molecule has 2 aromatic heterocycles. The average molecular weight is 248 g/mol. The number of aromatic nitrogens is 4. The normalized spacial score (nSPS) is 10.8. The van der Waals surface area contributed by atoms with Crippen molar-refractivity contribution in [1.29, 1.82) is 0 Å². The highest BCUT2D eigenvalue weighted by Crippen LogP contribution is 2.21. The van der Waals surface area contributed by atoms with Gasteiger partial charge in [0.1, 0.15) is 5.82 Å². The van der Waals surface area contributed by atoms with Gasteiger partial charge >= 0.3 is 0 Å². The van der Waals surface area contributed by atoms with Crippen LogP contribution in [0.1, 0.15) is 18.3 Å². The largest absolute Gasteiger partial charge is 0.394 e. The third-order valence-electron chi connectivity index (χ3n) is 3.07. The van der Waals surface area contributed by atoms with E-state index in [0.29, 0.717) is 0 Å². The zero-order chi connectivity index (χ0) is 13.1. The van der Waals surface area contributed by atoms with Crippen LogP contribution in [0.3, 0.4) is 0 Å². The highest BCUT2D eigenvalue weighted by Gasteiger charge is 2.10. The lowest BCUT2D eigenvalue weighted by Gasteiger charge is -2.09. The van der Waals surface area contributed by atoms with Gasteiger partial charge in [0.15, 0.2) is 0 Å². The van der Waals surface area contributed by atoms with E-state index in [4.69, 9.17) is 5.73 Å². The fraction of sp³-hybridized carbons (Fsp3) is 0.500.